The van der Waals surface area contributed by atoms with E-state index in [4.69, 9.17) is 11.6 Å². The highest BCUT2D eigenvalue weighted by molar-refractivity contribution is 6.31. The van der Waals surface area contributed by atoms with Crippen LogP contribution in [0.3, 0.4) is 0 Å². The zero-order valence-corrected chi connectivity index (χ0v) is 9.83. The number of aromatic nitrogens is 1. The number of nitrogens with one attached hydrogen (secondary N) is 1. The largest absolute Gasteiger partial charge is 0.381 e. The van der Waals surface area contributed by atoms with E-state index >= 15 is 0 Å². The van der Waals surface area contributed by atoms with Gasteiger partial charge in [0, 0.05) is 29.6 Å². The second kappa shape index (κ2) is 4.99. The molecular formula is C13H13ClN2. The Bertz CT molecular complexity index is 469. The van der Waals surface area contributed by atoms with Crippen LogP contribution < -0.4 is 5.32 Å². The van der Waals surface area contributed by atoms with E-state index < -0.39 is 0 Å². The molecule has 1 N–H and O–H groups in total. The molecule has 0 amide bonds. The molecule has 0 radical (unpaired) electrons. The lowest BCUT2D eigenvalue weighted by molar-refractivity contribution is 1.11. The van der Waals surface area contributed by atoms with E-state index in [1.807, 2.05) is 43.5 Å². The van der Waals surface area contributed by atoms with Gasteiger partial charge in [-0.2, -0.15) is 0 Å². The number of anilines is 1. The summed E-state index contributed by atoms with van der Waals surface area (Å²) in [4.78, 5) is 4.07. The van der Waals surface area contributed by atoms with Crippen LogP contribution in [0, 0.1) is 6.92 Å². The summed E-state index contributed by atoms with van der Waals surface area (Å²) in [5.74, 6) is 0. The first kappa shape index (κ1) is 11.0. The van der Waals surface area contributed by atoms with Gasteiger partial charge in [0.2, 0.25) is 0 Å². The molecule has 1 heterocycles. The van der Waals surface area contributed by atoms with Crippen LogP contribution in [0.15, 0.2) is 42.7 Å². The van der Waals surface area contributed by atoms with Crippen LogP contribution in [0.1, 0.15) is 11.1 Å². The zero-order valence-electron chi connectivity index (χ0n) is 9.07. The third-order valence-electron chi connectivity index (χ3n) is 2.47. The molecule has 0 aliphatic heterocycles. The van der Waals surface area contributed by atoms with Gasteiger partial charge in [-0.3, -0.25) is 4.98 Å². The minimum atomic E-state index is 0.759. The van der Waals surface area contributed by atoms with Gasteiger partial charge in [-0.05, 0) is 36.2 Å². The van der Waals surface area contributed by atoms with Crippen LogP contribution in [0.2, 0.25) is 5.02 Å². The Morgan fingerprint density at radius 1 is 1.25 bits per heavy atom. The monoisotopic (exact) mass is 232 g/mol. The van der Waals surface area contributed by atoms with Gasteiger partial charge >= 0.3 is 0 Å². The topological polar surface area (TPSA) is 24.9 Å². The lowest BCUT2D eigenvalue weighted by atomic mass is 10.2. The van der Waals surface area contributed by atoms with E-state index in [0.717, 1.165) is 28.4 Å². The number of hydrogen-bond donors (Lipinski definition) is 1. The number of pyridine rings is 1. The predicted octanol–water partition coefficient (Wildman–Crippen LogP) is 3.66. The smallest absolute Gasteiger partial charge is 0.0455 e. The van der Waals surface area contributed by atoms with Crippen molar-refractivity contribution in [1.82, 2.24) is 4.98 Å². The summed E-state index contributed by atoms with van der Waals surface area (Å²) in [6.07, 6.45) is 3.63. The minimum absolute atomic E-state index is 0.759. The van der Waals surface area contributed by atoms with E-state index in [1.54, 1.807) is 6.20 Å². The third-order valence-corrected chi connectivity index (χ3v) is 2.88. The summed E-state index contributed by atoms with van der Waals surface area (Å²) in [7, 11) is 0. The van der Waals surface area contributed by atoms with Gasteiger partial charge in [0.1, 0.15) is 0 Å². The molecule has 0 aliphatic rings. The van der Waals surface area contributed by atoms with Gasteiger partial charge in [-0.25, -0.2) is 0 Å². The van der Waals surface area contributed by atoms with Crippen LogP contribution in [0.4, 0.5) is 5.69 Å². The molecule has 2 rings (SSSR count). The number of benzene rings is 1. The summed E-state index contributed by atoms with van der Waals surface area (Å²) >= 11 is 6.04. The van der Waals surface area contributed by atoms with E-state index in [0.29, 0.717) is 0 Å². The highest BCUT2D eigenvalue weighted by Crippen LogP contribution is 2.23. The summed E-state index contributed by atoms with van der Waals surface area (Å²) < 4.78 is 0. The molecule has 3 heteroatoms. The first-order valence-corrected chi connectivity index (χ1v) is 5.53. The fraction of sp³-hybridized carbons (Fsp3) is 0.154. The van der Waals surface area contributed by atoms with Crippen molar-refractivity contribution >= 4 is 17.3 Å². The van der Waals surface area contributed by atoms with Crippen LogP contribution in [0.25, 0.3) is 0 Å². The number of hydrogen-bond acceptors (Lipinski definition) is 2. The summed E-state index contributed by atoms with van der Waals surface area (Å²) in [5.41, 5.74) is 3.30. The molecule has 0 atom stereocenters. The fourth-order valence-electron chi connectivity index (χ4n) is 1.50. The van der Waals surface area contributed by atoms with Gasteiger partial charge in [0.25, 0.3) is 0 Å². The summed E-state index contributed by atoms with van der Waals surface area (Å²) in [6.45, 7) is 2.77. The van der Waals surface area contributed by atoms with Crippen LogP contribution in [-0.4, -0.2) is 4.98 Å². The van der Waals surface area contributed by atoms with Gasteiger partial charge in [0.05, 0.1) is 0 Å². The zero-order chi connectivity index (χ0) is 11.4. The quantitative estimate of drug-likeness (QED) is 0.874. The van der Waals surface area contributed by atoms with Crippen molar-refractivity contribution in [2.45, 2.75) is 13.5 Å². The molecule has 0 spiro atoms. The minimum Gasteiger partial charge on any atom is -0.381 e. The standard InChI is InChI=1S/C13H13ClN2/c1-10-12(14)5-2-6-13(10)16-9-11-4-3-7-15-8-11/h2-8,16H,9H2,1H3. The number of rotatable bonds is 3. The molecular weight excluding hydrogens is 220 g/mol. The molecule has 2 aromatic rings. The molecule has 0 aliphatic carbocycles. The van der Waals surface area contributed by atoms with Crippen LogP contribution >= 0.6 is 11.6 Å². The SMILES string of the molecule is Cc1c(Cl)cccc1NCc1cccnc1. The van der Waals surface area contributed by atoms with Crippen molar-refractivity contribution in [3.8, 4) is 0 Å². The van der Waals surface area contributed by atoms with Crippen LogP contribution in [-0.2, 0) is 6.54 Å². The number of nitrogens with zero attached hydrogens (tertiary/aromatic N) is 1. The Morgan fingerprint density at radius 2 is 2.12 bits per heavy atom. The predicted molar refractivity (Wildman–Crippen MR) is 67.8 cm³/mol. The van der Waals surface area contributed by atoms with Gasteiger partial charge in [0.15, 0.2) is 0 Å². The number of halogens is 1. The summed E-state index contributed by atoms with van der Waals surface area (Å²) in [5, 5.41) is 4.13. The fourth-order valence-corrected chi connectivity index (χ4v) is 1.67. The second-order valence-corrected chi connectivity index (χ2v) is 4.03. The Hall–Kier alpha value is -1.54. The lowest BCUT2D eigenvalue weighted by Gasteiger charge is -2.10. The highest BCUT2D eigenvalue weighted by Gasteiger charge is 2.01. The Kier molecular flexibility index (Phi) is 3.42. The second-order valence-electron chi connectivity index (χ2n) is 3.63. The molecule has 2 nitrogen and oxygen atoms in total. The van der Waals surface area contributed by atoms with Crippen molar-refractivity contribution < 1.29 is 0 Å². The molecule has 82 valence electrons. The van der Waals surface area contributed by atoms with Crippen molar-refractivity contribution in [1.29, 1.82) is 0 Å². The maximum atomic E-state index is 6.04. The Balaban J connectivity index is 2.08. The molecule has 16 heavy (non-hydrogen) atoms. The maximum Gasteiger partial charge on any atom is 0.0455 e. The third kappa shape index (κ3) is 2.52. The molecule has 1 aromatic carbocycles. The maximum absolute atomic E-state index is 6.04. The van der Waals surface area contributed by atoms with Crippen molar-refractivity contribution in [2.75, 3.05) is 5.32 Å². The summed E-state index contributed by atoms with van der Waals surface area (Å²) in [6, 6.07) is 9.84. The molecule has 1 aromatic heterocycles. The van der Waals surface area contributed by atoms with Crippen molar-refractivity contribution in [2.24, 2.45) is 0 Å². The van der Waals surface area contributed by atoms with E-state index in [1.165, 1.54) is 0 Å². The lowest BCUT2D eigenvalue weighted by Crippen LogP contribution is -2.01. The molecule has 0 saturated heterocycles. The van der Waals surface area contributed by atoms with Crippen molar-refractivity contribution in [3.63, 3.8) is 0 Å². The molecule has 0 fully saturated rings. The van der Waals surface area contributed by atoms with E-state index in [9.17, 15) is 0 Å². The Labute approximate surface area is 100 Å². The molecule has 0 bridgehead atoms. The molecule has 0 unspecified atom stereocenters. The first-order chi connectivity index (χ1) is 7.77. The van der Waals surface area contributed by atoms with Crippen LogP contribution in [0.5, 0.6) is 0 Å². The van der Waals surface area contributed by atoms with Crippen molar-refractivity contribution in [3.05, 3.63) is 58.9 Å². The average molecular weight is 233 g/mol. The van der Waals surface area contributed by atoms with E-state index in [-0.39, 0.29) is 0 Å². The van der Waals surface area contributed by atoms with Gasteiger partial charge in [-0.1, -0.05) is 23.7 Å². The van der Waals surface area contributed by atoms with Gasteiger partial charge < -0.3 is 5.32 Å². The molecule has 0 saturated carbocycles. The highest BCUT2D eigenvalue weighted by atomic mass is 35.5. The Morgan fingerprint density at radius 3 is 2.88 bits per heavy atom. The normalized spacial score (nSPS) is 10.1. The first-order valence-electron chi connectivity index (χ1n) is 5.15. The average Bonchev–Trinajstić information content (AvgIpc) is 2.32. The van der Waals surface area contributed by atoms with E-state index in [2.05, 4.69) is 10.3 Å². The van der Waals surface area contributed by atoms with Gasteiger partial charge in [-0.15, -0.1) is 0 Å².